The third-order valence-corrected chi connectivity index (χ3v) is 4.27. The molecule has 0 aliphatic carbocycles. The third kappa shape index (κ3) is 9.09. The van der Waals surface area contributed by atoms with Crippen LogP contribution < -0.4 is 21.7 Å². The number of thiol groups is 1. The van der Waals surface area contributed by atoms with Crippen LogP contribution in [0.2, 0.25) is 0 Å². The van der Waals surface area contributed by atoms with Gasteiger partial charge in [-0.3, -0.25) is 19.2 Å². The molecule has 0 heterocycles. The van der Waals surface area contributed by atoms with Crippen molar-refractivity contribution in [2.24, 2.45) is 17.6 Å². The number of carbonyl (C=O) groups is 4. The van der Waals surface area contributed by atoms with Crippen molar-refractivity contribution < 1.29 is 24.3 Å². The number of hydrogen-bond donors (Lipinski definition) is 6. The summed E-state index contributed by atoms with van der Waals surface area (Å²) < 4.78 is 0. The molecule has 0 aromatic rings. The van der Waals surface area contributed by atoms with E-state index in [0.717, 1.165) is 0 Å². The zero-order valence-corrected chi connectivity index (χ0v) is 17.4. The lowest BCUT2D eigenvalue weighted by atomic mass is 10.0. The van der Waals surface area contributed by atoms with E-state index in [1.165, 1.54) is 6.92 Å². The van der Waals surface area contributed by atoms with Crippen LogP contribution >= 0.6 is 12.6 Å². The van der Waals surface area contributed by atoms with Crippen LogP contribution in [0.1, 0.15) is 41.0 Å². The molecule has 0 aromatic carbocycles. The summed E-state index contributed by atoms with van der Waals surface area (Å²) in [6.07, 6.45) is 0.356. The van der Waals surface area contributed by atoms with Crippen molar-refractivity contribution in [3.05, 3.63) is 0 Å². The van der Waals surface area contributed by atoms with Crippen molar-refractivity contribution >= 4 is 36.3 Å². The zero-order chi connectivity index (χ0) is 21.3. The summed E-state index contributed by atoms with van der Waals surface area (Å²) in [4.78, 5) is 47.8. The van der Waals surface area contributed by atoms with Crippen molar-refractivity contribution in [1.82, 2.24) is 16.0 Å². The van der Waals surface area contributed by atoms with Gasteiger partial charge in [0.05, 0.1) is 6.04 Å². The normalized spacial score (nSPS) is 15.6. The van der Waals surface area contributed by atoms with E-state index in [1.54, 1.807) is 13.8 Å². The lowest BCUT2D eigenvalue weighted by Crippen LogP contribution is -2.58. The lowest BCUT2D eigenvalue weighted by molar-refractivity contribution is -0.141. The fourth-order valence-electron chi connectivity index (χ4n) is 2.12. The molecule has 9 nitrogen and oxygen atoms in total. The number of nitrogens with one attached hydrogen (secondary N) is 3. The molecule has 0 aromatic heterocycles. The Morgan fingerprint density at radius 2 is 1.37 bits per heavy atom. The molecule has 0 radical (unpaired) electrons. The highest BCUT2D eigenvalue weighted by atomic mass is 32.1. The number of carboxylic acid groups (broad SMARTS) is 1. The summed E-state index contributed by atoms with van der Waals surface area (Å²) in [7, 11) is 0. The summed E-state index contributed by atoms with van der Waals surface area (Å²) in [6, 6.07) is -3.76. The van der Waals surface area contributed by atoms with E-state index < -0.39 is 47.9 Å². The van der Waals surface area contributed by atoms with Gasteiger partial charge in [0.1, 0.15) is 18.1 Å². The molecular weight excluding hydrogens is 372 g/mol. The minimum Gasteiger partial charge on any atom is -0.480 e. The van der Waals surface area contributed by atoms with Crippen LogP contribution in [-0.2, 0) is 19.2 Å². The Morgan fingerprint density at radius 3 is 1.78 bits per heavy atom. The molecule has 3 amide bonds. The topological polar surface area (TPSA) is 151 Å². The first-order chi connectivity index (χ1) is 12.4. The number of aliphatic carboxylic acids is 1. The van der Waals surface area contributed by atoms with Crippen molar-refractivity contribution in [2.75, 3.05) is 5.75 Å². The molecule has 10 heteroatoms. The van der Waals surface area contributed by atoms with E-state index in [9.17, 15) is 19.2 Å². The Balaban J connectivity index is 5.11. The Bertz CT molecular complexity index is 541. The third-order valence-electron chi connectivity index (χ3n) is 3.91. The monoisotopic (exact) mass is 404 g/mol. The highest BCUT2D eigenvalue weighted by Crippen LogP contribution is 2.07. The number of carbonyl (C=O) groups excluding carboxylic acids is 3. The van der Waals surface area contributed by atoms with E-state index in [1.807, 2.05) is 13.8 Å². The highest BCUT2D eigenvalue weighted by molar-refractivity contribution is 7.80. The summed E-state index contributed by atoms with van der Waals surface area (Å²) in [5, 5.41) is 16.3. The van der Waals surface area contributed by atoms with E-state index in [4.69, 9.17) is 10.8 Å². The molecule has 0 aliphatic rings. The average Bonchev–Trinajstić information content (AvgIpc) is 2.56. The van der Waals surface area contributed by atoms with Crippen LogP contribution in [0.25, 0.3) is 0 Å². The Labute approximate surface area is 165 Å². The molecular formula is C17H32N4O5S. The van der Waals surface area contributed by atoms with Gasteiger partial charge >= 0.3 is 5.97 Å². The Kier molecular flexibility index (Phi) is 11.0. The van der Waals surface area contributed by atoms with Crippen LogP contribution in [-0.4, -0.2) is 58.7 Å². The number of hydrogen-bond acceptors (Lipinski definition) is 6. The van der Waals surface area contributed by atoms with Gasteiger partial charge in [-0.05, 0) is 25.2 Å². The molecule has 0 fully saturated rings. The van der Waals surface area contributed by atoms with Crippen molar-refractivity contribution in [3.8, 4) is 0 Å². The number of amides is 3. The number of nitrogens with two attached hydrogens (primary N) is 1. The van der Waals surface area contributed by atoms with Crippen LogP contribution in [0.5, 0.6) is 0 Å². The molecule has 27 heavy (non-hydrogen) atoms. The van der Waals surface area contributed by atoms with Gasteiger partial charge in [0.2, 0.25) is 17.7 Å². The minimum absolute atomic E-state index is 0.0300. The summed E-state index contributed by atoms with van der Waals surface area (Å²) in [5.74, 6) is -2.88. The van der Waals surface area contributed by atoms with Gasteiger partial charge in [0.15, 0.2) is 0 Å². The van der Waals surface area contributed by atoms with Crippen LogP contribution in [0.4, 0.5) is 0 Å². The van der Waals surface area contributed by atoms with Crippen molar-refractivity contribution in [1.29, 1.82) is 0 Å². The zero-order valence-electron chi connectivity index (χ0n) is 16.5. The fraction of sp³-hybridized carbons (Fsp3) is 0.765. The predicted octanol–water partition coefficient (Wildman–Crippen LogP) is -0.495. The number of rotatable bonds is 11. The molecule has 0 saturated carbocycles. The molecule has 0 spiro atoms. The van der Waals surface area contributed by atoms with Gasteiger partial charge in [-0.1, -0.05) is 27.7 Å². The van der Waals surface area contributed by atoms with Crippen LogP contribution in [0.3, 0.4) is 0 Å². The first-order valence-corrected chi connectivity index (χ1v) is 9.54. The van der Waals surface area contributed by atoms with Crippen LogP contribution in [0, 0.1) is 11.8 Å². The van der Waals surface area contributed by atoms with Gasteiger partial charge < -0.3 is 26.8 Å². The van der Waals surface area contributed by atoms with Crippen LogP contribution in [0.15, 0.2) is 0 Å². The minimum atomic E-state index is -1.19. The van der Waals surface area contributed by atoms with Gasteiger partial charge in [-0.15, -0.1) is 0 Å². The second-order valence-corrected chi connectivity index (χ2v) is 7.64. The first-order valence-electron chi connectivity index (χ1n) is 8.91. The van der Waals surface area contributed by atoms with E-state index in [0.29, 0.717) is 6.42 Å². The molecule has 6 N–H and O–H groups in total. The summed E-state index contributed by atoms with van der Waals surface area (Å²) in [5.41, 5.74) is 5.82. The SMILES string of the molecule is CC(C)CC(NC(=O)C(N)C(C)C)C(=O)NC(CS)C(=O)NC(C)C(=O)O. The highest BCUT2D eigenvalue weighted by Gasteiger charge is 2.29. The second-order valence-electron chi connectivity index (χ2n) is 7.27. The van der Waals surface area contributed by atoms with Gasteiger partial charge in [0.25, 0.3) is 0 Å². The first kappa shape index (κ1) is 25.2. The fourth-order valence-corrected chi connectivity index (χ4v) is 2.37. The Hall–Kier alpha value is -1.81. The smallest absolute Gasteiger partial charge is 0.325 e. The predicted molar refractivity (Wildman–Crippen MR) is 105 cm³/mol. The van der Waals surface area contributed by atoms with Gasteiger partial charge in [0, 0.05) is 5.75 Å². The van der Waals surface area contributed by atoms with E-state index in [-0.39, 0.29) is 17.6 Å². The number of carboxylic acids is 1. The molecule has 0 bridgehead atoms. The maximum atomic E-state index is 12.6. The molecule has 156 valence electrons. The molecule has 4 atom stereocenters. The molecule has 4 unspecified atom stereocenters. The maximum absolute atomic E-state index is 12.6. The van der Waals surface area contributed by atoms with Crippen molar-refractivity contribution in [2.45, 2.75) is 65.2 Å². The lowest BCUT2D eigenvalue weighted by Gasteiger charge is -2.25. The largest absolute Gasteiger partial charge is 0.480 e. The Morgan fingerprint density at radius 1 is 0.889 bits per heavy atom. The quantitative estimate of drug-likeness (QED) is 0.256. The maximum Gasteiger partial charge on any atom is 0.325 e. The molecule has 0 saturated heterocycles. The summed E-state index contributed by atoms with van der Waals surface area (Å²) in [6.45, 7) is 8.70. The second kappa shape index (κ2) is 11.8. The standard InChI is InChI=1S/C17H32N4O5S/c1-8(2)6-11(20-16(24)13(18)9(3)4)14(22)21-12(7-27)15(23)19-10(5)17(25)26/h8-13,27H,6-7,18H2,1-5H3,(H,19,23)(H,20,24)(H,21,22)(H,25,26). The van der Waals surface area contributed by atoms with Gasteiger partial charge in [-0.2, -0.15) is 12.6 Å². The van der Waals surface area contributed by atoms with E-state index >= 15 is 0 Å². The average molecular weight is 405 g/mol. The van der Waals surface area contributed by atoms with Crippen molar-refractivity contribution in [3.63, 3.8) is 0 Å². The summed E-state index contributed by atoms with van der Waals surface area (Å²) >= 11 is 4.04. The molecule has 0 rings (SSSR count). The molecule has 0 aliphatic heterocycles. The van der Waals surface area contributed by atoms with Gasteiger partial charge in [-0.25, -0.2) is 0 Å². The van der Waals surface area contributed by atoms with E-state index in [2.05, 4.69) is 28.6 Å².